The molecule has 0 saturated carbocycles. The van der Waals surface area contributed by atoms with E-state index in [-0.39, 0.29) is 17.3 Å². The Kier molecular flexibility index (Phi) is 7.00. The van der Waals surface area contributed by atoms with Gasteiger partial charge in [0.15, 0.2) is 0 Å². The third kappa shape index (κ3) is 5.04. The third-order valence-corrected chi connectivity index (χ3v) is 4.38. The molecule has 2 aromatic rings. The van der Waals surface area contributed by atoms with E-state index in [1.54, 1.807) is 19.2 Å². The fourth-order valence-electron chi connectivity index (χ4n) is 2.89. The number of halogens is 2. The second kappa shape index (κ2) is 8.79. The molecule has 0 bridgehead atoms. The van der Waals surface area contributed by atoms with Gasteiger partial charge in [-0.25, -0.2) is 4.39 Å². The van der Waals surface area contributed by atoms with Gasteiger partial charge in [-0.15, -0.1) is 11.6 Å². The van der Waals surface area contributed by atoms with Gasteiger partial charge in [0.25, 0.3) is 0 Å². The first-order chi connectivity index (χ1) is 11.9. The number of hydrogen-bond acceptors (Lipinski definition) is 2. The van der Waals surface area contributed by atoms with Gasteiger partial charge in [-0.2, -0.15) is 0 Å². The van der Waals surface area contributed by atoms with Crippen LogP contribution in [-0.2, 0) is 15.4 Å². The van der Waals surface area contributed by atoms with E-state index in [1.807, 2.05) is 24.3 Å². The zero-order valence-electron chi connectivity index (χ0n) is 15.3. The Morgan fingerprint density at radius 2 is 1.76 bits per heavy atom. The number of methoxy groups -OCH3 is 1. The number of alkyl halides is 1. The van der Waals surface area contributed by atoms with Crippen LogP contribution in [0.1, 0.15) is 38.0 Å². The van der Waals surface area contributed by atoms with Gasteiger partial charge in [-0.05, 0) is 28.2 Å². The van der Waals surface area contributed by atoms with Gasteiger partial charge in [0.1, 0.15) is 5.82 Å². The van der Waals surface area contributed by atoms with Crippen molar-refractivity contribution in [1.82, 2.24) is 0 Å². The predicted octanol–water partition coefficient (Wildman–Crippen LogP) is 5.98. The molecule has 136 valence electrons. The summed E-state index contributed by atoms with van der Waals surface area (Å²) in [6, 6.07) is 12.7. The average molecular weight is 365 g/mol. The molecule has 0 unspecified atom stereocenters. The van der Waals surface area contributed by atoms with Crippen molar-refractivity contribution in [3.05, 3.63) is 59.4 Å². The summed E-state index contributed by atoms with van der Waals surface area (Å²) >= 11 is 6.04. The normalized spacial score (nSPS) is 13.0. The minimum absolute atomic E-state index is 0.168. The lowest BCUT2D eigenvalue weighted by Crippen LogP contribution is -2.24. The van der Waals surface area contributed by atoms with Crippen LogP contribution in [0, 0.1) is 11.2 Å². The van der Waals surface area contributed by atoms with Gasteiger partial charge >= 0.3 is 0 Å². The van der Waals surface area contributed by atoms with Crippen LogP contribution in [0.2, 0.25) is 0 Å². The van der Waals surface area contributed by atoms with E-state index >= 15 is 0 Å². The van der Waals surface area contributed by atoms with Crippen LogP contribution >= 0.6 is 11.6 Å². The number of benzene rings is 2. The van der Waals surface area contributed by atoms with E-state index in [0.29, 0.717) is 24.7 Å². The van der Waals surface area contributed by atoms with E-state index in [2.05, 4.69) is 20.8 Å². The Hall–Kier alpha value is -1.42. The van der Waals surface area contributed by atoms with Crippen molar-refractivity contribution in [3.8, 4) is 11.1 Å². The van der Waals surface area contributed by atoms with Gasteiger partial charge in [0.2, 0.25) is 0 Å². The fraction of sp³-hybridized carbons (Fsp3) is 0.429. The minimum atomic E-state index is -0.244. The van der Waals surface area contributed by atoms with Crippen molar-refractivity contribution in [2.45, 2.75) is 32.8 Å². The lowest BCUT2D eigenvalue weighted by molar-refractivity contribution is -0.0390. The SMILES string of the molecule is COCCO[C@@H](c1cc(CCl)ccc1-c1ccccc1F)C(C)(C)C. The lowest BCUT2D eigenvalue weighted by Gasteiger charge is -2.33. The maximum absolute atomic E-state index is 14.4. The molecule has 0 aromatic heterocycles. The molecule has 4 heteroatoms. The maximum atomic E-state index is 14.4. The zero-order valence-corrected chi connectivity index (χ0v) is 16.1. The minimum Gasteiger partial charge on any atom is -0.382 e. The Morgan fingerprint density at radius 1 is 1.04 bits per heavy atom. The highest BCUT2D eigenvalue weighted by molar-refractivity contribution is 6.17. The average Bonchev–Trinajstić information content (AvgIpc) is 2.58. The predicted molar refractivity (Wildman–Crippen MR) is 101 cm³/mol. The number of rotatable bonds is 7. The molecule has 0 aliphatic heterocycles. The van der Waals surface area contributed by atoms with Crippen molar-refractivity contribution in [3.63, 3.8) is 0 Å². The fourth-order valence-corrected chi connectivity index (χ4v) is 3.06. The summed E-state index contributed by atoms with van der Waals surface area (Å²) in [5, 5.41) is 0. The highest BCUT2D eigenvalue weighted by atomic mass is 35.5. The van der Waals surface area contributed by atoms with E-state index in [9.17, 15) is 4.39 Å². The van der Waals surface area contributed by atoms with E-state index < -0.39 is 0 Å². The maximum Gasteiger partial charge on any atom is 0.131 e. The molecule has 0 heterocycles. The summed E-state index contributed by atoms with van der Waals surface area (Å²) in [5.74, 6) is 0.159. The number of ether oxygens (including phenoxy) is 2. The first kappa shape index (κ1) is 19.9. The molecular weight excluding hydrogens is 339 g/mol. The monoisotopic (exact) mass is 364 g/mol. The van der Waals surface area contributed by atoms with Gasteiger partial charge < -0.3 is 9.47 Å². The van der Waals surface area contributed by atoms with E-state index in [1.165, 1.54) is 6.07 Å². The summed E-state index contributed by atoms with van der Waals surface area (Å²) in [4.78, 5) is 0. The van der Waals surface area contributed by atoms with Gasteiger partial charge in [0, 0.05) is 18.6 Å². The molecule has 0 radical (unpaired) electrons. The smallest absolute Gasteiger partial charge is 0.131 e. The number of hydrogen-bond donors (Lipinski definition) is 0. The van der Waals surface area contributed by atoms with Crippen LogP contribution < -0.4 is 0 Å². The Labute approximate surface area is 154 Å². The van der Waals surface area contributed by atoms with Crippen molar-refractivity contribution < 1.29 is 13.9 Å². The molecule has 0 amide bonds. The molecule has 0 spiro atoms. The highest BCUT2D eigenvalue weighted by Gasteiger charge is 2.30. The molecule has 0 aliphatic rings. The van der Waals surface area contributed by atoms with E-state index in [4.69, 9.17) is 21.1 Å². The Balaban J connectivity index is 2.56. The molecule has 2 rings (SSSR count). The van der Waals surface area contributed by atoms with Crippen LogP contribution in [0.15, 0.2) is 42.5 Å². The quantitative estimate of drug-likeness (QED) is 0.444. The Morgan fingerprint density at radius 3 is 2.36 bits per heavy atom. The summed E-state index contributed by atoms with van der Waals surface area (Å²) in [5.41, 5.74) is 3.18. The standard InChI is InChI=1S/C21H26ClFO2/c1-21(2,3)20(25-12-11-24-4)18-13-15(14-22)9-10-16(18)17-7-5-6-8-19(17)23/h5-10,13,20H,11-12,14H2,1-4H3/t20-/m0/s1. The molecule has 0 fully saturated rings. The summed E-state index contributed by atoms with van der Waals surface area (Å²) in [7, 11) is 1.65. The molecule has 0 N–H and O–H groups in total. The van der Waals surface area contributed by atoms with Gasteiger partial charge in [-0.1, -0.05) is 57.2 Å². The highest BCUT2D eigenvalue weighted by Crippen LogP contribution is 2.41. The van der Waals surface area contributed by atoms with Crippen LogP contribution in [-0.4, -0.2) is 20.3 Å². The van der Waals surface area contributed by atoms with Crippen molar-refractivity contribution in [2.24, 2.45) is 5.41 Å². The summed E-state index contributed by atoms with van der Waals surface area (Å²) < 4.78 is 25.7. The largest absolute Gasteiger partial charge is 0.382 e. The second-order valence-electron chi connectivity index (χ2n) is 7.14. The second-order valence-corrected chi connectivity index (χ2v) is 7.41. The lowest BCUT2D eigenvalue weighted by atomic mass is 9.81. The molecule has 1 atom stereocenters. The first-order valence-electron chi connectivity index (χ1n) is 8.42. The van der Waals surface area contributed by atoms with E-state index in [0.717, 1.165) is 16.7 Å². The zero-order chi connectivity index (χ0) is 18.4. The van der Waals surface area contributed by atoms with Crippen molar-refractivity contribution >= 4 is 11.6 Å². The van der Waals surface area contributed by atoms with Crippen LogP contribution in [0.3, 0.4) is 0 Å². The summed E-state index contributed by atoms with van der Waals surface area (Å²) in [6.45, 7) is 7.33. The van der Waals surface area contributed by atoms with Crippen molar-refractivity contribution in [1.29, 1.82) is 0 Å². The molecule has 0 saturated heterocycles. The molecule has 2 nitrogen and oxygen atoms in total. The van der Waals surface area contributed by atoms with Crippen LogP contribution in [0.4, 0.5) is 4.39 Å². The molecule has 2 aromatic carbocycles. The molecular formula is C21H26ClFO2. The summed E-state index contributed by atoms with van der Waals surface area (Å²) in [6.07, 6.45) is -0.208. The van der Waals surface area contributed by atoms with Gasteiger partial charge in [-0.3, -0.25) is 0 Å². The van der Waals surface area contributed by atoms with Crippen LogP contribution in [0.25, 0.3) is 11.1 Å². The molecule has 0 aliphatic carbocycles. The Bertz CT molecular complexity index is 695. The molecule has 25 heavy (non-hydrogen) atoms. The topological polar surface area (TPSA) is 18.5 Å². The van der Waals surface area contributed by atoms with Crippen LogP contribution in [0.5, 0.6) is 0 Å². The van der Waals surface area contributed by atoms with Gasteiger partial charge in [0.05, 0.1) is 19.3 Å². The third-order valence-electron chi connectivity index (χ3n) is 4.08. The van der Waals surface area contributed by atoms with Crippen molar-refractivity contribution in [2.75, 3.05) is 20.3 Å². The first-order valence-corrected chi connectivity index (χ1v) is 8.96.